The Hall–Kier alpha value is -2.57. The molecular formula is C16H14F3NO3. The molecule has 0 saturated heterocycles. The highest BCUT2D eigenvalue weighted by molar-refractivity contribution is 5.51. The molecule has 2 aromatic rings. The minimum atomic E-state index is -4.41. The van der Waals surface area contributed by atoms with E-state index < -0.39 is 16.7 Å². The van der Waals surface area contributed by atoms with Crippen molar-refractivity contribution >= 4 is 5.69 Å². The van der Waals surface area contributed by atoms with Crippen LogP contribution in [0.15, 0.2) is 36.4 Å². The third-order valence-electron chi connectivity index (χ3n) is 3.31. The summed E-state index contributed by atoms with van der Waals surface area (Å²) in [5.74, 6) is 0.378. The number of hydrogen-bond donors (Lipinski definition) is 0. The van der Waals surface area contributed by atoms with Crippen LogP contribution in [0.2, 0.25) is 0 Å². The first-order chi connectivity index (χ1) is 10.7. The van der Waals surface area contributed by atoms with Crippen LogP contribution in [0.1, 0.15) is 22.3 Å². The van der Waals surface area contributed by atoms with Crippen LogP contribution in [0.5, 0.6) is 5.75 Å². The van der Waals surface area contributed by atoms with Gasteiger partial charge in [0.2, 0.25) is 0 Å². The largest absolute Gasteiger partial charge is 0.489 e. The van der Waals surface area contributed by atoms with Crippen LogP contribution in [0.3, 0.4) is 0 Å². The van der Waals surface area contributed by atoms with Gasteiger partial charge in [0.15, 0.2) is 0 Å². The Morgan fingerprint density at radius 3 is 2.26 bits per heavy atom. The summed E-state index contributed by atoms with van der Waals surface area (Å²) in [4.78, 5) is 10.5. The van der Waals surface area contributed by atoms with Gasteiger partial charge in [-0.3, -0.25) is 10.1 Å². The Kier molecular flexibility index (Phi) is 4.58. The molecule has 23 heavy (non-hydrogen) atoms. The summed E-state index contributed by atoms with van der Waals surface area (Å²) in [5, 5.41) is 10.9. The Labute approximate surface area is 130 Å². The third kappa shape index (κ3) is 4.00. The van der Waals surface area contributed by atoms with E-state index in [0.717, 1.165) is 12.1 Å². The van der Waals surface area contributed by atoms with Gasteiger partial charge in [0.25, 0.3) is 5.69 Å². The molecule has 0 unspecified atom stereocenters. The normalized spacial score (nSPS) is 11.3. The van der Waals surface area contributed by atoms with Crippen molar-refractivity contribution in [2.75, 3.05) is 0 Å². The van der Waals surface area contributed by atoms with Crippen LogP contribution >= 0.6 is 0 Å². The Morgan fingerprint density at radius 1 is 1.13 bits per heavy atom. The molecule has 0 saturated carbocycles. The molecule has 0 heterocycles. The SMILES string of the molecule is Cc1cc(OCc2cccc(C(F)(F)F)c2)cc(C)c1[N+](=O)[O-]. The van der Waals surface area contributed by atoms with E-state index in [1.54, 1.807) is 13.8 Å². The molecule has 2 rings (SSSR count). The number of nitrogens with zero attached hydrogens (tertiary/aromatic N) is 1. The van der Waals surface area contributed by atoms with Crippen molar-refractivity contribution in [1.82, 2.24) is 0 Å². The van der Waals surface area contributed by atoms with E-state index in [9.17, 15) is 23.3 Å². The number of rotatable bonds is 4. The highest BCUT2D eigenvalue weighted by atomic mass is 19.4. The minimum Gasteiger partial charge on any atom is -0.489 e. The molecule has 0 spiro atoms. The molecule has 0 aliphatic rings. The van der Waals surface area contributed by atoms with Gasteiger partial charge in [-0.05, 0) is 43.7 Å². The van der Waals surface area contributed by atoms with E-state index in [0.29, 0.717) is 22.4 Å². The predicted molar refractivity (Wildman–Crippen MR) is 78.3 cm³/mol. The minimum absolute atomic E-state index is 0.0106. The molecule has 0 radical (unpaired) electrons. The Bertz CT molecular complexity index is 719. The molecule has 0 aliphatic carbocycles. The monoisotopic (exact) mass is 325 g/mol. The molecule has 0 N–H and O–H groups in total. The van der Waals surface area contributed by atoms with E-state index in [2.05, 4.69) is 0 Å². The number of halogens is 3. The van der Waals surface area contributed by atoms with Crippen molar-refractivity contribution in [3.05, 3.63) is 68.8 Å². The smallest absolute Gasteiger partial charge is 0.416 e. The first-order valence-corrected chi connectivity index (χ1v) is 6.73. The number of alkyl halides is 3. The average molecular weight is 325 g/mol. The van der Waals surface area contributed by atoms with Crippen LogP contribution in [-0.4, -0.2) is 4.92 Å². The molecule has 0 atom stereocenters. The van der Waals surface area contributed by atoms with Gasteiger partial charge in [-0.2, -0.15) is 13.2 Å². The van der Waals surface area contributed by atoms with E-state index >= 15 is 0 Å². The molecule has 2 aromatic carbocycles. The summed E-state index contributed by atoms with van der Waals surface area (Å²) in [5.41, 5.74) is 0.516. The number of nitro benzene ring substituents is 1. The molecule has 0 amide bonds. The Balaban J connectivity index is 2.17. The second-order valence-corrected chi connectivity index (χ2v) is 5.15. The topological polar surface area (TPSA) is 52.4 Å². The van der Waals surface area contributed by atoms with Crippen LogP contribution < -0.4 is 4.74 Å². The summed E-state index contributed by atoms with van der Waals surface area (Å²) >= 11 is 0. The second-order valence-electron chi connectivity index (χ2n) is 5.15. The maximum atomic E-state index is 12.7. The number of hydrogen-bond acceptors (Lipinski definition) is 3. The van der Waals surface area contributed by atoms with Gasteiger partial charge in [0.05, 0.1) is 10.5 Å². The van der Waals surface area contributed by atoms with Crippen LogP contribution in [0.4, 0.5) is 18.9 Å². The fraction of sp³-hybridized carbons (Fsp3) is 0.250. The lowest BCUT2D eigenvalue weighted by Crippen LogP contribution is -2.06. The summed E-state index contributed by atoms with van der Waals surface area (Å²) < 4.78 is 43.4. The lowest BCUT2D eigenvalue weighted by atomic mass is 10.1. The lowest BCUT2D eigenvalue weighted by molar-refractivity contribution is -0.386. The first-order valence-electron chi connectivity index (χ1n) is 6.73. The van der Waals surface area contributed by atoms with Gasteiger partial charge in [0.1, 0.15) is 12.4 Å². The Morgan fingerprint density at radius 2 is 1.74 bits per heavy atom. The van der Waals surface area contributed by atoms with Crippen LogP contribution in [0.25, 0.3) is 0 Å². The van der Waals surface area contributed by atoms with Crippen molar-refractivity contribution in [2.45, 2.75) is 26.6 Å². The number of nitro groups is 1. The molecule has 0 aliphatic heterocycles. The van der Waals surface area contributed by atoms with E-state index in [1.165, 1.54) is 24.3 Å². The zero-order valence-electron chi connectivity index (χ0n) is 12.5. The lowest BCUT2D eigenvalue weighted by Gasteiger charge is -2.11. The van der Waals surface area contributed by atoms with Crippen molar-refractivity contribution in [3.63, 3.8) is 0 Å². The number of ether oxygens (including phenoxy) is 1. The van der Waals surface area contributed by atoms with Gasteiger partial charge in [0, 0.05) is 11.1 Å². The fourth-order valence-electron chi connectivity index (χ4n) is 2.29. The summed E-state index contributed by atoms with van der Waals surface area (Å²) in [6.07, 6.45) is -4.41. The summed E-state index contributed by atoms with van der Waals surface area (Å²) in [7, 11) is 0. The summed E-state index contributed by atoms with van der Waals surface area (Å²) in [6.45, 7) is 3.12. The highest BCUT2D eigenvalue weighted by Crippen LogP contribution is 2.31. The molecule has 4 nitrogen and oxygen atoms in total. The highest BCUT2D eigenvalue weighted by Gasteiger charge is 2.30. The fourth-order valence-corrected chi connectivity index (χ4v) is 2.29. The second kappa shape index (κ2) is 6.28. The molecule has 0 aromatic heterocycles. The molecule has 7 heteroatoms. The molecule has 122 valence electrons. The van der Waals surface area contributed by atoms with Gasteiger partial charge in [-0.1, -0.05) is 12.1 Å². The molecular weight excluding hydrogens is 311 g/mol. The van der Waals surface area contributed by atoms with Gasteiger partial charge in [-0.15, -0.1) is 0 Å². The molecule has 0 bridgehead atoms. The zero-order valence-corrected chi connectivity index (χ0v) is 12.5. The predicted octanol–water partition coefficient (Wildman–Crippen LogP) is 4.81. The van der Waals surface area contributed by atoms with Crippen LogP contribution in [-0.2, 0) is 12.8 Å². The van der Waals surface area contributed by atoms with Crippen molar-refractivity contribution in [3.8, 4) is 5.75 Å². The van der Waals surface area contributed by atoms with Crippen molar-refractivity contribution < 1.29 is 22.8 Å². The van der Waals surface area contributed by atoms with Crippen LogP contribution in [0, 0.1) is 24.0 Å². The number of benzene rings is 2. The van der Waals surface area contributed by atoms with E-state index in [1.807, 2.05) is 0 Å². The van der Waals surface area contributed by atoms with Crippen molar-refractivity contribution in [1.29, 1.82) is 0 Å². The van der Waals surface area contributed by atoms with Gasteiger partial charge < -0.3 is 4.74 Å². The van der Waals surface area contributed by atoms with Crippen molar-refractivity contribution in [2.24, 2.45) is 0 Å². The van der Waals surface area contributed by atoms with E-state index in [-0.39, 0.29) is 12.3 Å². The maximum Gasteiger partial charge on any atom is 0.416 e. The summed E-state index contributed by atoms with van der Waals surface area (Å²) in [6, 6.07) is 7.85. The number of aryl methyl sites for hydroxylation is 2. The zero-order chi connectivity index (χ0) is 17.2. The first kappa shape index (κ1) is 16.8. The molecule has 0 fully saturated rings. The quantitative estimate of drug-likeness (QED) is 0.599. The van der Waals surface area contributed by atoms with Gasteiger partial charge in [-0.25, -0.2) is 0 Å². The maximum absolute atomic E-state index is 12.7. The average Bonchev–Trinajstić information content (AvgIpc) is 2.43. The van der Waals surface area contributed by atoms with E-state index in [4.69, 9.17) is 4.74 Å². The van der Waals surface area contributed by atoms with Gasteiger partial charge >= 0.3 is 6.18 Å². The standard InChI is InChI=1S/C16H14F3NO3/c1-10-6-14(7-11(2)15(10)20(21)22)23-9-12-4-3-5-13(8-12)16(17,18)19/h3-8H,9H2,1-2H3. The third-order valence-corrected chi connectivity index (χ3v) is 3.31.